The molecule has 0 aromatic carbocycles. The van der Waals surface area contributed by atoms with Crippen LogP contribution in [0.2, 0.25) is 0 Å². The van der Waals surface area contributed by atoms with Crippen LogP contribution in [0.1, 0.15) is 65.0 Å². The Balaban J connectivity index is 1.64. The number of amides is 2. The van der Waals surface area contributed by atoms with Gasteiger partial charge in [-0.05, 0) is 54.7 Å². The molecule has 0 radical (unpaired) electrons. The van der Waals surface area contributed by atoms with E-state index in [1.165, 1.54) is 17.6 Å². The molecule has 2 aromatic rings. The maximum Gasteiger partial charge on any atom is 0.291 e. The molecule has 2 aromatic heterocycles. The molecular formula is C22H28N2O5S2. The third-order valence-corrected chi connectivity index (χ3v) is 9.19. The minimum Gasteiger partial charge on any atom is -0.459 e. The van der Waals surface area contributed by atoms with Gasteiger partial charge in [0.25, 0.3) is 11.8 Å². The maximum absolute atomic E-state index is 13.2. The van der Waals surface area contributed by atoms with Gasteiger partial charge in [0, 0.05) is 10.9 Å². The van der Waals surface area contributed by atoms with Gasteiger partial charge < -0.3 is 15.1 Å². The summed E-state index contributed by atoms with van der Waals surface area (Å²) in [4.78, 5) is 27.0. The summed E-state index contributed by atoms with van der Waals surface area (Å²) in [5.74, 6) is -0.00678. The van der Waals surface area contributed by atoms with Crippen LogP contribution in [-0.4, -0.2) is 37.8 Å². The number of fused-ring (bicyclic) bond motifs is 1. The number of carbonyl (C=O) groups is 2. The van der Waals surface area contributed by atoms with Gasteiger partial charge in [-0.3, -0.25) is 9.59 Å². The van der Waals surface area contributed by atoms with E-state index < -0.39 is 21.8 Å². The van der Waals surface area contributed by atoms with E-state index >= 15 is 0 Å². The fraction of sp³-hybridized carbons (Fsp3) is 0.545. The average molecular weight is 465 g/mol. The number of carbonyl (C=O) groups excluding carboxylic acids is 2. The number of sulfone groups is 1. The van der Waals surface area contributed by atoms with Crippen LogP contribution in [0.3, 0.4) is 0 Å². The van der Waals surface area contributed by atoms with Crippen LogP contribution in [0.15, 0.2) is 22.8 Å². The van der Waals surface area contributed by atoms with Crippen molar-refractivity contribution in [1.82, 2.24) is 5.32 Å². The molecule has 9 heteroatoms. The lowest BCUT2D eigenvalue weighted by molar-refractivity contribution is 0.0941. The number of hydrogen-bond donors (Lipinski definition) is 2. The minimum absolute atomic E-state index is 0.0365. The van der Waals surface area contributed by atoms with Crippen molar-refractivity contribution in [2.75, 3.05) is 16.8 Å². The molecule has 2 N–H and O–H groups in total. The number of anilines is 1. The van der Waals surface area contributed by atoms with Crippen molar-refractivity contribution >= 4 is 38.0 Å². The zero-order valence-electron chi connectivity index (χ0n) is 18.0. The fourth-order valence-electron chi connectivity index (χ4n) is 4.39. The zero-order chi connectivity index (χ0) is 22.4. The highest BCUT2D eigenvalue weighted by molar-refractivity contribution is 7.91. The molecular weight excluding hydrogens is 436 g/mol. The largest absolute Gasteiger partial charge is 0.459 e. The quantitative estimate of drug-likeness (QED) is 0.718. The summed E-state index contributed by atoms with van der Waals surface area (Å²) in [6.45, 7) is 6.68. The Morgan fingerprint density at radius 1 is 1.19 bits per heavy atom. The molecule has 1 aliphatic carbocycles. The van der Waals surface area contributed by atoms with Crippen LogP contribution >= 0.6 is 11.3 Å². The van der Waals surface area contributed by atoms with Crippen LogP contribution in [0.4, 0.5) is 5.00 Å². The first-order valence-corrected chi connectivity index (χ1v) is 13.2. The summed E-state index contributed by atoms with van der Waals surface area (Å²) >= 11 is 1.44. The Hall–Kier alpha value is -2.13. The molecule has 0 saturated carbocycles. The first-order chi connectivity index (χ1) is 14.5. The first-order valence-electron chi connectivity index (χ1n) is 10.5. The molecule has 2 amide bonds. The van der Waals surface area contributed by atoms with E-state index in [2.05, 4.69) is 31.4 Å². The maximum atomic E-state index is 13.2. The molecule has 0 bridgehead atoms. The van der Waals surface area contributed by atoms with Gasteiger partial charge in [-0.25, -0.2) is 8.42 Å². The van der Waals surface area contributed by atoms with Gasteiger partial charge in [0.15, 0.2) is 15.6 Å². The molecule has 3 heterocycles. The normalized spacial score (nSPS) is 22.7. The van der Waals surface area contributed by atoms with Gasteiger partial charge in [0.2, 0.25) is 0 Å². The molecule has 1 aliphatic heterocycles. The molecule has 1 fully saturated rings. The number of nitrogens with one attached hydrogen (secondary N) is 2. The van der Waals surface area contributed by atoms with Crippen LogP contribution < -0.4 is 10.6 Å². The summed E-state index contributed by atoms with van der Waals surface area (Å²) in [5.41, 5.74) is 1.59. The minimum atomic E-state index is -3.10. The van der Waals surface area contributed by atoms with Gasteiger partial charge in [-0.2, -0.15) is 0 Å². The van der Waals surface area contributed by atoms with Gasteiger partial charge >= 0.3 is 0 Å². The number of thiophene rings is 1. The van der Waals surface area contributed by atoms with Gasteiger partial charge in [-0.1, -0.05) is 20.8 Å². The molecule has 1 saturated heterocycles. The summed E-state index contributed by atoms with van der Waals surface area (Å²) in [7, 11) is -3.10. The molecule has 7 nitrogen and oxygen atoms in total. The summed E-state index contributed by atoms with van der Waals surface area (Å²) in [6, 6.07) is 2.81. The van der Waals surface area contributed by atoms with E-state index in [0.29, 0.717) is 22.9 Å². The Kier molecular flexibility index (Phi) is 5.76. The van der Waals surface area contributed by atoms with Crippen molar-refractivity contribution in [2.24, 2.45) is 11.3 Å². The van der Waals surface area contributed by atoms with Crippen molar-refractivity contribution in [3.8, 4) is 0 Å². The third-order valence-electron chi connectivity index (χ3n) is 6.26. The lowest BCUT2D eigenvalue weighted by atomic mass is 9.72. The van der Waals surface area contributed by atoms with Gasteiger partial charge in [0.1, 0.15) is 5.00 Å². The molecule has 2 unspecified atom stereocenters. The van der Waals surface area contributed by atoms with Crippen LogP contribution in [0.25, 0.3) is 0 Å². The first kappa shape index (κ1) is 22.1. The van der Waals surface area contributed by atoms with E-state index in [9.17, 15) is 18.0 Å². The van der Waals surface area contributed by atoms with Crippen molar-refractivity contribution in [3.05, 3.63) is 40.2 Å². The van der Waals surface area contributed by atoms with Gasteiger partial charge in [-0.15, -0.1) is 11.3 Å². The molecule has 2 aliphatic rings. The van der Waals surface area contributed by atoms with Crippen molar-refractivity contribution in [2.45, 2.75) is 52.5 Å². The Labute approximate surface area is 186 Å². The predicted octanol–water partition coefficient (Wildman–Crippen LogP) is 3.66. The summed E-state index contributed by atoms with van der Waals surface area (Å²) in [6.07, 6.45) is 4.43. The highest BCUT2D eigenvalue weighted by atomic mass is 32.2. The van der Waals surface area contributed by atoms with E-state index in [-0.39, 0.29) is 28.6 Å². The smallest absolute Gasteiger partial charge is 0.291 e. The predicted molar refractivity (Wildman–Crippen MR) is 120 cm³/mol. The molecule has 2 atom stereocenters. The lowest BCUT2D eigenvalue weighted by Gasteiger charge is -2.33. The Morgan fingerprint density at radius 3 is 2.58 bits per heavy atom. The van der Waals surface area contributed by atoms with Crippen molar-refractivity contribution < 1.29 is 22.4 Å². The Morgan fingerprint density at radius 2 is 1.97 bits per heavy atom. The van der Waals surface area contributed by atoms with Crippen LogP contribution in [-0.2, 0) is 22.7 Å². The molecule has 4 rings (SSSR count). The lowest BCUT2D eigenvalue weighted by Crippen LogP contribution is -2.36. The van der Waals surface area contributed by atoms with Crippen molar-refractivity contribution in [1.29, 1.82) is 0 Å². The standard InChI is InChI=1S/C22H28N2O5S2/c1-22(2,3)13-6-7-15-17(11-13)30-21(24-19(25)16-5-4-9-29-16)18(15)20(26)23-14-8-10-31(27,28)12-14/h4-5,9,13-14H,6-8,10-12H2,1-3H3,(H,23,26)(H,24,25). The number of furan rings is 1. The third kappa shape index (κ3) is 4.72. The SMILES string of the molecule is CC(C)(C)C1CCc2c(sc(NC(=O)c3ccco3)c2C(=O)NC2CCS(=O)(=O)C2)C1. The Bertz CT molecular complexity index is 1090. The molecule has 168 valence electrons. The topological polar surface area (TPSA) is 105 Å². The zero-order valence-corrected chi connectivity index (χ0v) is 19.6. The second kappa shape index (κ2) is 8.09. The second-order valence-electron chi connectivity index (χ2n) is 9.52. The van der Waals surface area contributed by atoms with E-state index in [4.69, 9.17) is 4.42 Å². The van der Waals surface area contributed by atoms with Crippen molar-refractivity contribution in [3.63, 3.8) is 0 Å². The molecule has 0 spiro atoms. The summed E-state index contributed by atoms with van der Waals surface area (Å²) < 4.78 is 28.8. The summed E-state index contributed by atoms with van der Waals surface area (Å²) in [5, 5.41) is 6.24. The highest BCUT2D eigenvalue weighted by Gasteiger charge is 2.36. The number of rotatable bonds is 4. The monoisotopic (exact) mass is 464 g/mol. The second-order valence-corrected chi connectivity index (χ2v) is 12.9. The van der Waals surface area contributed by atoms with Crippen LogP contribution in [0.5, 0.6) is 0 Å². The highest BCUT2D eigenvalue weighted by Crippen LogP contribution is 2.44. The number of hydrogen-bond acceptors (Lipinski definition) is 6. The average Bonchev–Trinajstić information content (AvgIpc) is 3.38. The molecule has 31 heavy (non-hydrogen) atoms. The fourth-order valence-corrected chi connectivity index (χ4v) is 7.39. The van der Waals surface area contributed by atoms with E-state index in [1.54, 1.807) is 12.1 Å². The van der Waals surface area contributed by atoms with E-state index in [0.717, 1.165) is 29.7 Å². The van der Waals surface area contributed by atoms with Gasteiger partial charge in [0.05, 0.1) is 23.3 Å². The van der Waals surface area contributed by atoms with E-state index in [1.807, 2.05) is 0 Å². The van der Waals surface area contributed by atoms with Crippen LogP contribution in [0, 0.1) is 11.3 Å².